The molecular formula is C10HCl5F14O2. The summed E-state index contributed by atoms with van der Waals surface area (Å²) in [4.78, 5) is 10.1. The second kappa shape index (κ2) is 7.73. The number of rotatable bonds is 9. The third-order valence-corrected chi connectivity index (χ3v) is 5.64. The lowest BCUT2D eigenvalue weighted by atomic mass is 9.91. The first-order valence-electron chi connectivity index (χ1n) is 6.27. The van der Waals surface area contributed by atoms with Gasteiger partial charge in [-0.3, -0.25) is 0 Å². The smallest absolute Gasteiger partial charge is 0.395 e. The molecular weight excluding hydrogens is 595 g/mol. The molecule has 21 heteroatoms. The molecule has 0 bridgehead atoms. The molecule has 0 rings (SSSR count). The molecule has 0 unspecified atom stereocenters. The summed E-state index contributed by atoms with van der Waals surface area (Å²) in [6.45, 7) is 0. The number of hydrogen-bond donors (Lipinski definition) is 1. The Labute approximate surface area is 185 Å². The van der Waals surface area contributed by atoms with Gasteiger partial charge in [-0.15, -0.1) is 0 Å². The maximum Gasteiger partial charge on any atom is 0.395 e. The van der Waals surface area contributed by atoms with Crippen LogP contribution in [0.25, 0.3) is 0 Å². The van der Waals surface area contributed by atoms with Gasteiger partial charge in [-0.25, -0.2) is 22.4 Å². The van der Waals surface area contributed by atoms with E-state index >= 15 is 0 Å². The molecule has 0 saturated carbocycles. The van der Waals surface area contributed by atoms with E-state index in [9.17, 15) is 66.3 Å². The van der Waals surface area contributed by atoms with Gasteiger partial charge in [-0.1, -0.05) is 46.4 Å². The minimum Gasteiger partial charge on any atom is -0.477 e. The maximum atomic E-state index is 14.0. The van der Waals surface area contributed by atoms with Gasteiger partial charge in [-0.05, 0) is 11.6 Å². The van der Waals surface area contributed by atoms with Crippen LogP contribution in [-0.2, 0) is 4.79 Å². The van der Waals surface area contributed by atoms with Crippen molar-refractivity contribution >= 4 is 64.0 Å². The predicted octanol–water partition coefficient (Wildman–Crippen LogP) is 7.06. The van der Waals surface area contributed by atoms with Gasteiger partial charge in [-0.2, -0.15) is 43.9 Å². The zero-order valence-corrected chi connectivity index (χ0v) is 16.8. The molecule has 0 aromatic heterocycles. The molecule has 186 valence electrons. The van der Waals surface area contributed by atoms with Crippen LogP contribution in [0.1, 0.15) is 0 Å². The Morgan fingerprint density at radius 2 is 0.710 bits per heavy atom. The van der Waals surface area contributed by atoms with E-state index in [0.717, 1.165) is 0 Å². The summed E-state index contributed by atoms with van der Waals surface area (Å²) in [5.41, 5.74) is 0. The van der Waals surface area contributed by atoms with Crippen molar-refractivity contribution in [3.05, 3.63) is 0 Å². The zero-order valence-electron chi connectivity index (χ0n) is 13.0. The number of hydrogen-bond acceptors (Lipinski definition) is 1. The van der Waals surface area contributed by atoms with Crippen LogP contribution in [0.4, 0.5) is 61.5 Å². The van der Waals surface area contributed by atoms with Gasteiger partial charge in [0, 0.05) is 0 Å². The van der Waals surface area contributed by atoms with E-state index in [1.54, 1.807) is 0 Å². The van der Waals surface area contributed by atoms with Crippen molar-refractivity contribution in [3.63, 3.8) is 0 Å². The monoisotopic (exact) mass is 594 g/mol. The Morgan fingerprint density at radius 1 is 0.484 bits per heavy atom. The molecule has 0 amide bonds. The molecule has 31 heavy (non-hydrogen) atoms. The number of alkyl halides is 19. The molecule has 0 saturated heterocycles. The first-order chi connectivity index (χ1) is 12.9. The first kappa shape index (κ1) is 30.9. The van der Waals surface area contributed by atoms with Gasteiger partial charge in [0.1, 0.15) is 0 Å². The van der Waals surface area contributed by atoms with Crippen LogP contribution in [0.5, 0.6) is 0 Å². The van der Waals surface area contributed by atoms with E-state index in [4.69, 9.17) is 5.11 Å². The van der Waals surface area contributed by atoms with E-state index in [0.29, 0.717) is 0 Å². The summed E-state index contributed by atoms with van der Waals surface area (Å²) in [5.74, 6) is -33.6. The van der Waals surface area contributed by atoms with E-state index in [1.165, 1.54) is 0 Å². The highest BCUT2D eigenvalue weighted by molar-refractivity contribution is 6.35. The molecule has 2 nitrogen and oxygen atoms in total. The van der Waals surface area contributed by atoms with Crippen LogP contribution in [0.15, 0.2) is 0 Å². The van der Waals surface area contributed by atoms with E-state index in [-0.39, 0.29) is 0 Å². The largest absolute Gasteiger partial charge is 0.477 e. The second-order valence-electron chi connectivity index (χ2n) is 5.40. The van der Waals surface area contributed by atoms with Crippen molar-refractivity contribution in [1.82, 2.24) is 0 Å². The summed E-state index contributed by atoms with van der Waals surface area (Å²) >= 11 is 19.0. The fourth-order valence-corrected chi connectivity index (χ4v) is 2.62. The molecule has 4 atom stereocenters. The quantitative estimate of drug-likeness (QED) is 0.229. The van der Waals surface area contributed by atoms with Crippen molar-refractivity contribution in [2.45, 2.75) is 49.6 Å². The first-order valence-corrected chi connectivity index (χ1v) is 8.16. The lowest BCUT2D eigenvalue weighted by Crippen LogP contribution is -2.75. The third-order valence-electron chi connectivity index (χ3n) is 3.38. The van der Waals surface area contributed by atoms with E-state index < -0.39 is 55.6 Å². The molecule has 0 fully saturated rings. The average molecular weight is 596 g/mol. The highest BCUT2D eigenvalue weighted by atomic mass is 35.5. The molecule has 0 aliphatic carbocycles. The molecule has 0 aliphatic heterocycles. The van der Waals surface area contributed by atoms with Gasteiger partial charge in [0.05, 0.1) is 0 Å². The standard InChI is InChI=1S/C10HCl5F14O2/c11-3(18,2(16,17)1(30)31)7(22,23)4(12,19)8(24,25)5(13,20)9(26,27)6(14,21)10(15,28)29/h(H,30,31)/t3-,4-,5-,6-/m1/s1. The number of carboxylic acids is 1. The Kier molecular flexibility index (Phi) is 7.72. The number of aliphatic carboxylic acids is 1. The summed E-state index contributed by atoms with van der Waals surface area (Å²) in [5, 5.41) is -26.4. The Morgan fingerprint density at radius 3 is 0.935 bits per heavy atom. The van der Waals surface area contributed by atoms with Crippen LogP contribution in [0.3, 0.4) is 0 Å². The number of carbonyl (C=O) groups is 1. The lowest BCUT2D eigenvalue weighted by molar-refractivity contribution is -0.327. The molecule has 0 spiro atoms. The Balaban J connectivity index is 6.95. The van der Waals surface area contributed by atoms with E-state index in [2.05, 4.69) is 58.0 Å². The SMILES string of the molecule is O=C(O)C(F)(F)[C@](F)(Cl)C(F)(F)[C@](F)(Cl)C(F)(F)[C@](F)(Cl)C(F)(F)[C@](F)(Cl)C(F)(F)Cl. The third kappa shape index (κ3) is 3.85. The second-order valence-corrected chi connectivity index (χ2v) is 7.96. The molecule has 0 aromatic carbocycles. The van der Waals surface area contributed by atoms with Gasteiger partial charge in [0.2, 0.25) is 0 Å². The summed E-state index contributed by atoms with van der Waals surface area (Å²) in [6.07, 6.45) is 0. The number of carboxylic acid groups (broad SMARTS) is 1. The van der Waals surface area contributed by atoms with Crippen LogP contribution >= 0.6 is 58.0 Å². The summed E-state index contributed by atoms with van der Waals surface area (Å²) < 4.78 is 189. The molecule has 0 aromatic rings. The minimum atomic E-state index is -7.77. The van der Waals surface area contributed by atoms with Gasteiger partial charge in [0.15, 0.2) is 0 Å². The fraction of sp³-hybridized carbons (Fsp3) is 0.900. The highest BCUT2D eigenvalue weighted by Crippen LogP contribution is 2.67. The normalized spacial score (nSPS) is 22.7. The lowest BCUT2D eigenvalue weighted by Gasteiger charge is -2.46. The average Bonchev–Trinajstić information content (AvgIpc) is 2.52. The number of halogens is 19. The summed E-state index contributed by atoms with van der Waals surface area (Å²) in [6, 6.07) is 0. The van der Waals surface area contributed by atoms with Gasteiger partial charge < -0.3 is 5.11 Å². The van der Waals surface area contributed by atoms with Crippen LogP contribution < -0.4 is 0 Å². The van der Waals surface area contributed by atoms with Crippen LogP contribution in [-0.4, -0.2) is 60.7 Å². The van der Waals surface area contributed by atoms with Crippen molar-refractivity contribution in [1.29, 1.82) is 0 Å². The Bertz CT molecular complexity index is 717. The van der Waals surface area contributed by atoms with Crippen molar-refractivity contribution in [3.8, 4) is 0 Å². The van der Waals surface area contributed by atoms with Crippen molar-refractivity contribution in [2.75, 3.05) is 0 Å². The van der Waals surface area contributed by atoms with Crippen LogP contribution in [0, 0.1) is 0 Å². The fourth-order valence-electron chi connectivity index (χ4n) is 1.50. The molecule has 0 aliphatic rings. The zero-order chi connectivity index (χ0) is 26.1. The predicted molar refractivity (Wildman–Crippen MR) is 77.0 cm³/mol. The molecule has 0 heterocycles. The van der Waals surface area contributed by atoms with E-state index in [1.807, 2.05) is 0 Å². The Hall–Kier alpha value is -0.0600. The summed E-state index contributed by atoms with van der Waals surface area (Å²) in [7, 11) is 0. The van der Waals surface area contributed by atoms with Crippen molar-refractivity contribution < 1.29 is 71.4 Å². The van der Waals surface area contributed by atoms with Gasteiger partial charge in [0.25, 0.3) is 0 Å². The topological polar surface area (TPSA) is 37.3 Å². The highest BCUT2D eigenvalue weighted by Gasteiger charge is 2.93. The van der Waals surface area contributed by atoms with Gasteiger partial charge >= 0.3 is 55.6 Å². The van der Waals surface area contributed by atoms with Crippen molar-refractivity contribution in [2.24, 2.45) is 0 Å². The molecule has 1 N–H and O–H groups in total. The molecule has 0 radical (unpaired) electrons. The maximum absolute atomic E-state index is 14.0. The minimum absolute atomic E-state index is 3.73. The van der Waals surface area contributed by atoms with Crippen LogP contribution in [0.2, 0.25) is 0 Å².